The van der Waals surface area contributed by atoms with Gasteiger partial charge in [0.2, 0.25) is 0 Å². The maximum absolute atomic E-state index is 5.19. The molecule has 0 atom stereocenters. The van der Waals surface area contributed by atoms with Gasteiger partial charge in [0.1, 0.15) is 5.65 Å². The summed E-state index contributed by atoms with van der Waals surface area (Å²) in [4.78, 5) is 5.19. The molecule has 2 aromatic heterocycles. The van der Waals surface area contributed by atoms with Crippen molar-refractivity contribution in [3.63, 3.8) is 0 Å². The van der Waals surface area contributed by atoms with Crippen LogP contribution in [0.15, 0.2) is 206 Å². The van der Waals surface area contributed by atoms with Gasteiger partial charge in [-0.05, 0) is 94.7 Å². The molecule has 0 N–H and O–H groups in total. The van der Waals surface area contributed by atoms with Gasteiger partial charge >= 0.3 is 0 Å². The lowest BCUT2D eigenvalue weighted by atomic mass is 9.83. The van der Waals surface area contributed by atoms with Gasteiger partial charge < -0.3 is 0 Å². The van der Waals surface area contributed by atoms with E-state index in [1.165, 1.54) is 65.3 Å². The summed E-state index contributed by atoms with van der Waals surface area (Å²) in [6, 6.07) is 72.5. The molecular formula is C53H34N2. The van der Waals surface area contributed by atoms with Crippen LogP contribution in [-0.4, -0.2) is 9.38 Å². The number of rotatable bonds is 5. The SMILES string of the molecule is c1ccc(-c2nc3ccc(-c4ccc5c(-c6cccc7ccccc67)c6ccccc6c(-c6cccc7ccccc67)c5c4)cn3c2-c2ccccc2)cc1. The lowest BCUT2D eigenvalue weighted by Gasteiger charge is -2.20. The first-order valence-corrected chi connectivity index (χ1v) is 18.9. The number of aromatic nitrogens is 2. The van der Waals surface area contributed by atoms with Crippen LogP contribution >= 0.6 is 0 Å². The summed E-state index contributed by atoms with van der Waals surface area (Å²) in [6.07, 6.45) is 2.27. The Bertz CT molecular complexity index is 3240. The van der Waals surface area contributed by atoms with E-state index in [0.717, 1.165) is 39.3 Å². The zero-order chi connectivity index (χ0) is 36.3. The molecule has 9 aromatic carbocycles. The highest BCUT2D eigenvalue weighted by Crippen LogP contribution is 2.47. The third-order valence-electron chi connectivity index (χ3n) is 11.2. The molecule has 11 rings (SSSR count). The normalized spacial score (nSPS) is 11.6. The summed E-state index contributed by atoms with van der Waals surface area (Å²) >= 11 is 0. The summed E-state index contributed by atoms with van der Waals surface area (Å²) in [7, 11) is 0. The minimum Gasteiger partial charge on any atom is -0.298 e. The average Bonchev–Trinajstić information content (AvgIpc) is 3.65. The number of imidazole rings is 1. The van der Waals surface area contributed by atoms with E-state index in [-0.39, 0.29) is 0 Å². The lowest BCUT2D eigenvalue weighted by Crippen LogP contribution is -1.94. The molecule has 55 heavy (non-hydrogen) atoms. The molecule has 0 saturated heterocycles. The first-order chi connectivity index (χ1) is 27.3. The van der Waals surface area contributed by atoms with Crippen LogP contribution in [0.1, 0.15) is 0 Å². The molecule has 256 valence electrons. The zero-order valence-corrected chi connectivity index (χ0v) is 30.0. The highest BCUT2D eigenvalue weighted by Gasteiger charge is 2.21. The maximum Gasteiger partial charge on any atom is 0.137 e. The Morgan fingerprint density at radius 3 is 1.45 bits per heavy atom. The molecule has 2 nitrogen and oxygen atoms in total. The Balaban J connectivity index is 1.23. The lowest BCUT2D eigenvalue weighted by molar-refractivity contribution is 1.19. The van der Waals surface area contributed by atoms with E-state index in [2.05, 4.69) is 211 Å². The number of fused-ring (bicyclic) bond motifs is 5. The van der Waals surface area contributed by atoms with Crippen LogP contribution in [-0.2, 0) is 0 Å². The van der Waals surface area contributed by atoms with Crippen molar-refractivity contribution in [3.05, 3.63) is 206 Å². The van der Waals surface area contributed by atoms with Gasteiger partial charge in [-0.15, -0.1) is 0 Å². The van der Waals surface area contributed by atoms with Gasteiger partial charge in [-0.1, -0.05) is 182 Å². The Morgan fingerprint density at radius 1 is 0.327 bits per heavy atom. The second kappa shape index (κ2) is 12.7. The fourth-order valence-corrected chi connectivity index (χ4v) is 8.71. The van der Waals surface area contributed by atoms with Crippen molar-refractivity contribution in [1.82, 2.24) is 9.38 Å². The second-order valence-electron chi connectivity index (χ2n) is 14.3. The highest BCUT2D eigenvalue weighted by molar-refractivity contribution is 6.25. The summed E-state index contributed by atoms with van der Waals surface area (Å²) in [5.74, 6) is 0. The van der Waals surface area contributed by atoms with Crippen molar-refractivity contribution in [2.24, 2.45) is 0 Å². The molecule has 0 fully saturated rings. The fourth-order valence-electron chi connectivity index (χ4n) is 8.71. The number of hydrogen-bond donors (Lipinski definition) is 0. The van der Waals surface area contributed by atoms with Crippen LogP contribution in [0.25, 0.3) is 105 Å². The van der Waals surface area contributed by atoms with Crippen LogP contribution in [0.3, 0.4) is 0 Å². The van der Waals surface area contributed by atoms with Crippen molar-refractivity contribution >= 4 is 48.7 Å². The van der Waals surface area contributed by atoms with Gasteiger partial charge in [-0.3, -0.25) is 4.40 Å². The van der Waals surface area contributed by atoms with Crippen molar-refractivity contribution in [1.29, 1.82) is 0 Å². The van der Waals surface area contributed by atoms with Gasteiger partial charge in [0.25, 0.3) is 0 Å². The maximum atomic E-state index is 5.19. The molecule has 0 spiro atoms. The molecule has 2 heterocycles. The smallest absolute Gasteiger partial charge is 0.137 e. The van der Waals surface area contributed by atoms with E-state index in [4.69, 9.17) is 4.98 Å². The van der Waals surface area contributed by atoms with Crippen molar-refractivity contribution in [2.45, 2.75) is 0 Å². The molecule has 0 saturated carbocycles. The van der Waals surface area contributed by atoms with E-state index >= 15 is 0 Å². The third-order valence-corrected chi connectivity index (χ3v) is 11.2. The van der Waals surface area contributed by atoms with E-state index in [1.807, 2.05) is 0 Å². The van der Waals surface area contributed by atoms with Gasteiger partial charge in [0.15, 0.2) is 0 Å². The monoisotopic (exact) mass is 698 g/mol. The van der Waals surface area contributed by atoms with Gasteiger partial charge in [-0.2, -0.15) is 0 Å². The number of hydrogen-bond acceptors (Lipinski definition) is 1. The largest absolute Gasteiger partial charge is 0.298 e. The van der Waals surface area contributed by atoms with Gasteiger partial charge in [0, 0.05) is 17.3 Å². The number of benzene rings is 9. The summed E-state index contributed by atoms with van der Waals surface area (Å²) < 4.78 is 2.27. The molecule has 0 aliphatic rings. The minimum atomic E-state index is 0.919. The van der Waals surface area contributed by atoms with Gasteiger partial charge in [0.05, 0.1) is 11.4 Å². The molecule has 0 aliphatic carbocycles. The summed E-state index contributed by atoms with van der Waals surface area (Å²) in [5.41, 5.74) is 12.5. The van der Waals surface area contributed by atoms with Crippen molar-refractivity contribution < 1.29 is 0 Å². The Hall–Kier alpha value is -7.29. The second-order valence-corrected chi connectivity index (χ2v) is 14.3. The Morgan fingerprint density at radius 2 is 0.818 bits per heavy atom. The molecule has 11 aromatic rings. The fraction of sp³-hybridized carbons (Fsp3) is 0. The Kier molecular flexibility index (Phi) is 7.21. The molecule has 0 aliphatic heterocycles. The number of nitrogens with zero attached hydrogens (tertiary/aromatic N) is 2. The molecular weight excluding hydrogens is 665 g/mol. The molecule has 0 radical (unpaired) electrons. The van der Waals surface area contributed by atoms with Crippen molar-refractivity contribution in [2.75, 3.05) is 0 Å². The topological polar surface area (TPSA) is 17.3 Å². The first kappa shape index (κ1) is 31.3. The Labute approximate surface area is 319 Å². The highest BCUT2D eigenvalue weighted by atomic mass is 15.0. The van der Waals surface area contributed by atoms with E-state index < -0.39 is 0 Å². The average molecular weight is 699 g/mol. The molecule has 0 amide bonds. The minimum absolute atomic E-state index is 0.919. The van der Waals surface area contributed by atoms with E-state index in [0.29, 0.717) is 0 Å². The summed E-state index contributed by atoms with van der Waals surface area (Å²) in [5, 5.41) is 9.95. The predicted octanol–water partition coefficient (Wildman–Crippen LogP) is 14.3. The van der Waals surface area contributed by atoms with Crippen LogP contribution in [0.2, 0.25) is 0 Å². The third kappa shape index (κ3) is 5.07. The first-order valence-electron chi connectivity index (χ1n) is 18.9. The van der Waals surface area contributed by atoms with Crippen molar-refractivity contribution in [3.8, 4) is 55.9 Å². The quantitative estimate of drug-likeness (QED) is 0.164. The summed E-state index contributed by atoms with van der Waals surface area (Å²) in [6.45, 7) is 0. The van der Waals surface area contributed by atoms with E-state index in [9.17, 15) is 0 Å². The predicted molar refractivity (Wildman–Crippen MR) is 232 cm³/mol. The van der Waals surface area contributed by atoms with Gasteiger partial charge in [-0.25, -0.2) is 4.98 Å². The number of pyridine rings is 1. The van der Waals surface area contributed by atoms with E-state index in [1.54, 1.807) is 0 Å². The molecule has 0 unspecified atom stereocenters. The molecule has 0 bridgehead atoms. The standard InChI is InChI=1S/C53H34N2/c1-3-17-37(18-4-1)52-53(38-19-5-2-6-20-38)55-34-40(30-32-49(55)54-52)39-29-31-47-48(33-39)51(44-28-14-22-36-16-8-10-24-42(36)44)46-26-12-11-25-45(46)50(47)43-27-13-21-35-15-7-9-23-41(35)43/h1-34H. The van der Waals surface area contributed by atoms with Crippen LogP contribution in [0.5, 0.6) is 0 Å². The zero-order valence-electron chi connectivity index (χ0n) is 30.0. The van der Waals surface area contributed by atoms with Crippen LogP contribution in [0.4, 0.5) is 0 Å². The van der Waals surface area contributed by atoms with Crippen LogP contribution in [0, 0.1) is 0 Å². The molecule has 2 heteroatoms. The van der Waals surface area contributed by atoms with Crippen LogP contribution < -0.4 is 0 Å².